The average molecular weight is 412 g/mol. The Balaban J connectivity index is 1.45. The van der Waals surface area contributed by atoms with Gasteiger partial charge in [0.05, 0.1) is 12.2 Å². The first-order chi connectivity index (χ1) is 14.5. The Labute approximate surface area is 177 Å². The lowest BCUT2D eigenvalue weighted by Crippen LogP contribution is -2.44. The van der Waals surface area contributed by atoms with Gasteiger partial charge in [0.2, 0.25) is 0 Å². The fourth-order valence-corrected chi connectivity index (χ4v) is 3.24. The molecular formula is C23H29N3O4. The van der Waals surface area contributed by atoms with Crippen LogP contribution in [0.2, 0.25) is 0 Å². The van der Waals surface area contributed by atoms with Crippen molar-refractivity contribution < 1.29 is 19.1 Å². The minimum Gasteiger partial charge on any atom is -0.459 e. The third-order valence-corrected chi connectivity index (χ3v) is 4.67. The van der Waals surface area contributed by atoms with Crippen LogP contribution in [0.1, 0.15) is 29.8 Å². The number of ether oxygens (including phenoxy) is 2. The van der Waals surface area contributed by atoms with E-state index in [1.54, 1.807) is 24.3 Å². The highest BCUT2D eigenvalue weighted by Gasteiger charge is 2.22. The zero-order valence-electron chi connectivity index (χ0n) is 17.5. The molecule has 0 spiro atoms. The number of rotatable bonds is 7. The van der Waals surface area contributed by atoms with Gasteiger partial charge in [0.1, 0.15) is 12.7 Å². The van der Waals surface area contributed by atoms with E-state index in [0.29, 0.717) is 17.9 Å². The molecule has 1 unspecified atom stereocenters. The van der Waals surface area contributed by atoms with E-state index >= 15 is 0 Å². The number of hydrogen-bond acceptors (Lipinski definition) is 5. The largest absolute Gasteiger partial charge is 0.459 e. The molecule has 2 N–H and O–H groups in total. The standard InChI is InChI=1S/C23H29N3O4/c1-17(2)24-23(28)25-20-10-8-19(9-11-20)22(27)30-16-21-15-26(12-13-29-21)14-18-6-4-3-5-7-18/h3-11,17,21H,12-16H2,1-2H3,(H2,24,25,28). The monoisotopic (exact) mass is 411 g/mol. The van der Waals surface area contributed by atoms with Gasteiger partial charge in [-0.3, -0.25) is 4.90 Å². The lowest BCUT2D eigenvalue weighted by Gasteiger charge is -2.32. The molecule has 1 atom stereocenters. The van der Waals surface area contributed by atoms with Gasteiger partial charge in [0, 0.05) is 31.4 Å². The van der Waals surface area contributed by atoms with Crippen molar-refractivity contribution in [2.24, 2.45) is 0 Å². The average Bonchev–Trinajstić information content (AvgIpc) is 2.73. The lowest BCUT2D eigenvalue weighted by atomic mass is 10.2. The number of benzene rings is 2. The Kier molecular flexibility index (Phi) is 7.82. The molecule has 30 heavy (non-hydrogen) atoms. The molecule has 160 valence electrons. The van der Waals surface area contributed by atoms with Gasteiger partial charge in [-0.25, -0.2) is 9.59 Å². The van der Waals surface area contributed by atoms with E-state index in [0.717, 1.165) is 19.6 Å². The van der Waals surface area contributed by atoms with Crippen LogP contribution in [0, 0.1) is 0 Å². The number of urea groups is 1. The van der Waals surface area contributed by atoms with Crippen LogP contribution in [0.3, 0.4) is 0 Å². The van der Waals surface area contributed by atoms with Crippen LogP contribution in [0.15, 0.2) is 54.6 Å². The van der Waals surface area contributed by atoms with Gasteiger partial charge in [-0.1, -0.05) is 30.3 Å². The van der Waals surface area contributed by atoms with Crippen LogP contribution in [0.25, 0.3) is 0 Å². The van der Waals surface area contributed by atoms with Crippen molar-refractivity contribution in [1.82, 2.24) is 10.2 Å². The normalized spacial score (nSPS) is 16.8. The molecule has 7 nitrogen and oxygen atoms in total. The first kappa shape index (κ1) is 21.8. The minimum atomic E-state index is -0.406. The van der Waals surface area contributed by atoms with E-state index in [-0.39, 0.29) is 24.8 Å². The lowest BCUT2D eigenvalue weighted by molar-refractivity contribution is -0.0612. The summed E-state index contributed by atoms with van der Waals surface area (Å²) in [4.78, 5) is 26.4. The van der Waals surface area contributed by atoms with Crippen molar-refractivity contribution >= 4 is 17.7 Å². The fraction of sp³-hybridized carbons (Fsp3) is 0.391. The number of carbonyl (C=O) groups is 2. The molecule has 7 heteroatoms. The summed E-state index contributed by atoms with van der Waals surface area (Å²) in [6.45, 7) is 7.03. The Morgan fingerprint density at radius 3 is 2.57 bits per heavy atom. The molecule has 1 saturated heterocycles. The molecule has 1 aliphatic rings. The molecule has 0 saturated carbocycles. The number of morpholine rings is 1. The Morgan fingerprint density at radius 1 is 1.13 bits per heavy atom. The van der Waals surface area contributed by atoms with Gasteiger partial charge >= 0.3 is 12.0 Å². The van der Waals surface area contributed by atoms with Gasteiger partial charge in [0.15, 0.2) is 0 Å². The van der Waals surface area contributed by atoms with Crippen LogP contribution in [-0.4, -0.2) is 55.3 Å². The summed E-state index contributed by atoms with van der Waals surface area (Å²) in [6, 6.07) is 16.7. The predicted molar refractivity (Wildman–Crippen MR) is 115 cm³/mol. The van der Waals surface area contributed by atoms with Crippen LogP contribution in [0.4, 0.5) is 10.5 Å². The van der Waals surface area contributed by atoms with E-state index in [9.17, 15) is 9.59 Å². The van der Waals surface area contributed by atoms with E-state index in [4.69, 9.17) is 9.47 Å². The molecule has 1 fully saturated rings. The quantitative estimate of drug-likeness (QED) is 0.684. The second-order valence-corrected chi connectivity index (χ2v) is 7.64. The molecule has 2 amide bonds. The van der Waals surface area contributed by atoms with E-state index in [2.05, 4.69) is 27.7 Å². The van der Waals surface area contributed by atoms with Gasteiger partial charge in [-0.05, 0) is 43.7 Å². The van der Waals surface area contributed by atoms with Crippen LogP contribution in [0.5, 0.6) is 0 Å². The van der Waals surface area contributed by atoms with E-state index < -0.39 is 5.97 Å². The maximum absolute atomic E-state index is 12.3. The van der Waals surface area contributed by atoms with Gasteiger partial charge in [0.25, 0.3) is 0 Å². The molecule has 0 aromatic heterocycles. The number of amides is 2. The van der Waals surface area contributed by atoms with Gasteiger partial charge in [-0.15, -0.1) is 0 Å². The summed E-state index contributed by atoms with van der Waals surface area (Å²) in [6.07, 6.45) is -0.146. The molecule has 2 aromatic rings. The van der Waals surface area contributed by atoms with Crippen LogP contribution in [-0.2, 0) is 16.0 Å². The van der Waals surface area contributed by atoms with E-state index in [1.165, 1.54) is 5.56 Å². The molecule has 2 aromatic carbocycles. The number of nitrogens with one attached hydrogen (secondary N) is 2. The Morgan fingerprint density at radius 2 is 1.87 bits per heavy atom. The zero-order valence-corrected chi connectivity index (χ0v) is 17.5. The highest BCUT2D eigenvalue weighted by atomic mass is 16.6. The first-order valence-electron chi connectivity index (χ1n) is 10.2. The van der Waals surface area contributed by atoms with Crippen molar-refractivity contribution in [2.45, 2.75) is 32.5 Å². The molecule has 0 aliphatic carbocycles. The van der Waals surface area contributed by atoms with Crippen molar-refractivity contribution in [2.75, 3.05) is 31.6 Å². The van der Waals surface area contributed by atoms with Crippen LogP contribution < -0.4 is 10.6 Å². The molecule has 0 radical (unpaired) electrons. The predicted octanol–water partition coefficient (Wildman–Crippen LogP) is 3.27. The number of anilines is 1. The SMILES string of the molecule is CC(C)NC(=O)Nc1ccc(C(=O)OCC2CN(Cc3ccccc3)CCO2)cc1. The van der Waals surface area contributed by atoms with Crippen molar-refractivity contribution in [3.05, 3.63) is 65.7 Å². The highest BCUT2D eigenvalue weighted by molar-refractivity contribution is 5.92. The molecule has 1 heterocycles. The first-order valence-corrected chi connectivity index (χ1v) is 10.2. The maximum atomic E-state index is 12.3. The second-order valence-electron chi connectivity index (χ2n) is 7.64. The summed E-state index contributed by atoms with van der Waals surface area (Å²) in [7, 11) is 0. The summed E-state index contributed by atoms with van der Waals surface area (Å²) in [5.74, 6) is -0.406. The number of esters is 1. The minimum absolute atomic E-state index is 0.0462. The van der Waals surface area contributed by atoms with Gasteiger partial charge < -0.3 is 20.1 Å². The third-order valence-electron chi connectivity index (χ3n) is 4.67. The number of nitrogens with zero attached hydrogens (tertiary/aromatic N) is 1. The van der Waals surface area contributed by atoms with Crippen molar-refractivity contribution in [1.29, 1.82) is 0 Å². The van der Waals surface area contributed by atoms with Crippen molar-refractivity contribution in [3.63, 3.8) is 0 Å². The summed E-state index contributed by atoms with van der Waals surface area (Å²) >= 11 is 0. The molecule has 0 bridgehead atoms. The van der Waals surface area contributed by atoms with E-state index in [1.807, 2.05) is 32.0 Å². The molecular weight excluding hydrogens is 382 g/mol. The smallest absolute Gasteiger partial charge is 0.338 e. The summed E-state index contributed by atoms with van der Waals surface area (Å²) < 4.78 is 11.2. The second kappa shape index (κ2) is 10.8. The molecule has 3 rings (SSSR count). The van der Waals surface area contributed by atoms with Gasteiger partial charge in [-0.2, -0.15) is 0 Å². The topological polar surface area (TPSA) is 79.9 Å². The Bertz CT molecular complexity index is 824. The Hall–Kier alpha value is -2.90. The zero-order chi connectivity index (χ0) is 21.3. The van der Waals surface area contributed by atoms with Crippen LogP contribution >= 0.6 is 0 Å². The van der Waals surface area contributed by atoms with Crippen molar-refractivity contribution in [3.8, 4) is 0 Å². The molecule has 1 aliphatic heterocycles. The fourth-order valence-electron chi connectivity index (χ4n) is 3.24. The summed E-state index contributed by atoms with van der Waals surface area (Å²) in [5, 5.41) is 5.46. The maximum Gasteiger partial charge on any atom is 0.338 e. The highest BCUT2D eigenvalue weighted by Crippen LogP contribution is 2.13. The number of carbonyl (C=O) groups excluding carboxylic acids is 2. The summed E-state index contributed by atoms with van der Waals surface area (Å²) in [5.41, 5.74) is 2.30. The third kappa shape index (κ3) is 6.86. The number of hydrogen-bond donors (Lipinski definition) is 2.